The Hall–Kier alpha value is -1.17. The Kier molecular flexibility index (Phi) is 10.0. The van der Waals surface area contributed by atoms with Gasteiger partial charge in [0.2, 0.25) is 5.91 Å². The van der Waals surface area contributed by atoms with Crippen molar-refractivity contribution < 1.29 is 9.53 Å². The van der Waals surface area contributed by atoms with Crippen molar-refractivity contribution in [1.82, 2.24) is 10.6 Å². The van der Waals surface area contributed by atoms with Crippen LogP contribution < -0.4 is 20.7 Å². The topological polar surface area (TPSA) is 62.4 Å². The molecule has 23 heavy (non-hydrogen) atoms. The second-order valence-electron chi connectivity index (χ2n) is 5.89. The van der Waals surface area contributed by atoms with E-state index in [2.05, 4.69) is 22.9 Å². The minimum atomic E-state index is 0. The lowest BCUT2D eigenvalue weighted by Gasteiger charge is -2.34. The van der Waals surface area contributed by atoms with Crippen molar-refractivity contribution in [2.75, 3.05) is 38.6 Å². The van der Waals surface area contributed by atoms with E-state index >= 15 is 0 Å². The monoisotopic (exact) mass is 363 g/mol. The largest absolute Gasteiger partial charge is 0.495 e. The molecule has 1 aromatic carbocycles. The van der Waals surface area contributed by atoms with Crippen molar-refractivity contribution in [2.24, 2.45) is 5.41 Å². The zero-order valence-electron chi connectivity index (χ0n) is 13.7. The molecule has 1 aromatic rings. The Balaban J connectivity index is 0.00000242. The normalized spacial score (nSPS) is 15.6. The number of benzene rings is 1. The Bertz CT molecular complexity index is 480. The highest BCUT2D eigenvalue weighted by atomic mass is 35.5. The van der Waals surface area contributed by atoms with Gasteiger partial charge in [-0.05, 0) is 43.5 Å². The number of para-hydroxylation sites is 2. The standard InChI is InChI=1S/C16H25N3O2.2ClH/c1-16(7-9-17-10-8-16)12-19-15(20)11-18-13-5-3-4-6-14(13)21-2;;/h3-6,17-18H,7-12H2,1-2H3,(H,19,20);2*1H. The van der Waals surface area contributed by atoms with Crippen molar-refractivity contribution in [3.63, 3.8) is 0 Å². The van der Waals surface area contributed by atoms with Crippen molar-refractivity contribution in [1.29, 1.82) is 0 Å². The number of rotatable bonds is 6. The number of ether oxygens (including phenoxy) is 1. The van der Waals surface area contributed by atoms with Gasteiger partial charge in [0, 0.05) is 6.54 Å². The molecule has 0 atom stereocenters. The van der Waals surface area contributed by atoms with Crippen LogP contribution in [0.2, 0.25) is 0 Å². The molecule has 3 N–H and O–H groups in total. The van der Waals surface area contributed by atoms with Crippen LogP contribution in [0.5, 0.6) is 5.75 Å². The highest BCUT2D eigenvalue weighted by Crippen LogP contribution is 2.26. The summed E-state index contributed by atoms with van der Waals surface area (Å²) >= 11 is 0. The Morgan fingerprint density at radius 2 is 1.91 bits per heavy atom. The molecule has 0 bridgehead atoms. The van der Waals surface area contributed by atoms with Crippen LogP contribution in [0.4, 0.5) is 5.69 Å². The van der Waals surface area contributed by atoms with Crippen molar-refractivity contribution in [2.45, 2.75) is 19.8 Å². The maximum absolute atomic E-state index is 12.0. The van der Waals surface area contributed by atoms with Gasteiger partial charge in [-0.1, -0.05) is 19.1 Å². The molecule has 0 aromatic heterocycles. The van der Waals surface area contributed by atoms with Crippen LogP contribution in [0.1, 0.15) is 19.8 Å². The third-order valence-corrected chi connectivity index (χ3v) is 4.07. The predicted octanol–water partition coefficient (Wildman–Crippen LogP) is 2.46. The molecule has 1 saturated heterocycles. The first-order chi connectivity index (χ1) is 10.1. The van der Waals surface area contributed by atoms with Gasteiger partial charge < -0.3 is 20.7 Å². The van der Waals surface area contributed by atoms with E-state index in [0.717, 1.165) is 43.9 Å². The van der Waals surface area contributed by atoms with Gasteiger partial charge in [0.15, 0.2) is 0 Å². The summed E-state index contributed by atoms with van der Waals surface area (Å²) in [5.74, 6) is 0.760. The number of amides is 1. The van der Waals surface area contributed by atoms with Gasteiger partial charge >= 0.3 is 0 Å². The highest BCUT2D eigenvalue weighted by Gasteiger charge is 2.26. The van der Waals surface area contributed by atoms with E-state index in [9.17, 15) is 4.79 Å². The van der Waals surface area contributed by atoms with Gasteiger partial charge in [-0.2, -0.15) is 0 Å². The van der Waals surface area contributed by atoms with E-state index < -0.39 is 0 Å². The van der Waals surface area contributed by atoms with Crippen LogP contribution in [0.15, 0.2) is 24.3 Å². The summed E-state index contributed by atoms with van der Waals surface area (Å²) in [7, 11) is 1.62. The summed E-state index contributed by atoms with van der Waals surface area (Å²) < 4.78 is 5.25. The van der Waals surface area contributed by atoms with Crippen LogP contribution in [0.3, 0.4) is 0 Å². The highest BCUT2D eigenvalue weighted by molar-refractivity contribution is 5.85. The average Bonchev–Trinajstić information content (AvgIpc) is 2.52. The summed E-state index contributed by atoms with van der Waals surface area (Å²) in [5.41, 5.74) is 1.05. The number of hydrogen-bond donors (Lipinski definition) is 3. The van der Waals surface area contributed by atoms with Crippen LogP contribution in [-0.2, 0) is 4.79 Å². The molecule has 1 aliphatic heterocycles. The zero-order chi connectivity index (χ0) is 15.1. The average molecular weight is 364 g/mol. The molecule has 0 unspecified atom stereocenters. The van der Waals surface area contributed by atoms with Gasteiger partial charge in [-0.3, -0.25) is 4.79 Å². The summed E-state index contributed by atoms with van der Waals surface area (Å²) in [6.07, 6.45) is 2.21. The number of nitrogens with one attached hydrogen (secondary N) is 3. The molecule has 0 radical (unpaired) electrons. The lowest BCUT2D eigenvalue weighted by Crippen LogP contribution is -2.44. The lowest BCUT2D eigenvalue weighted by atomic mass is 9.81. The van der Waals surface area contributed by atoms with Gasteiger partial charge in [0.1, 0.15) is 5.75 Å². The molecule has 5 nitrogen and oxygen atoms in total. The molecule has 7 heteroatoms. The molecule has 0 aliphatic carbocycles. The fourth-order valence-corrected chi connectivity index (χ4v) is 2.55. The number of carbonyl (C=O) groups excluding carboxylic acids is 1. The molecular formula is C16H27Cl2N3O2. The van der Waals surface area contributed by atoms with E-state index in [1.165, 1.54) is 0 Å². The zero-order valence-corrected chi connectivity index (χ0v) is 15.3. The minimum absolute atomic E-state index is 0. The van der Waals surface area contributed by atoms with E-state index in [1.54, 1.807) is 7.11 Å². The first-order valence-electron chi connectivity index (χ1n) is 7.47. The maximum atomic E-state index is 12.0. The SMILES string of the molecule is COc1ccccc1NCC(=O)NCC1(C)CCNCC1.Cl.Cl. The summed E-state index contributed by atoms with van der Waals surface area (Å²) in [4.78, 5) is 12.0. The number of halogens is 2. The number of anilines is 1. The number of carbonyl (C=O) groups is 1. The van der Waals surface area contributed by atoms with Crippen LogP contribution >= 0.6 is 24.8 Å². The van der Waals surface area contributed by atoms with Gasteiger partial charge in [0.25, 0.3) is 0 Å². The summed E-state index contributed by atoms with van der Waals surface area (Å²) in [6.45, 7) is 5.30. The number of methoxy groups -OCH3 is 1. The van der Waals surface area contributed by atoms with Gasteiger partial charge in [-0.15, -0.1) is 24.8 Å². The van der Waals surface area contributed by atoms with Crippen molar-refractivity contribution in [3.8, 4) is 5.75 Å². The molecule has 1 aliphatic rings. The Labute approximate surface area is 150 Å². The smallest absolute Gasteiger partial charge is 0.239 e. The second-order valence-corrected chi connectivity index (χ2v) is 5.89. The Morgan fingerprint density at radius 3 is 2.57 bits per heavy atom. The molecule has 0 saturated carbocycles. The molecule has 2 rings (SSSR count). The van der Waals surface area contributed by atoms with E-state index in [-0.39, 0.29) is 42.7 Å². The maximum Gasteiger partial charge on any atom is 0.239 e. The fourth-order valence-electron chi connectivity index (χ4n) is 2.55. The van der Waals surface area contributed by atoms with E-state index in [4.69, 9.17) is 4.74 Å². The Morgan fingerprint density at radius 1 is 1.26 bits per heavy atom. The van der Waals surface area contributed by atoms with Crippen molar-refractivity contribution in [3.05, 3.63) is 24.3 Å². The molecule has 1 amide bonds. The minimum Gasteiger partial charge on any atom is -0.495 e. The number of piperidine rings is 1. The van der Waals surface area contributed by atoms with E-state index in [1.807, 2.05) is 24.3 Å². The fraction of sp³-hybridized carbons (Fsp3) is 0.562. The quantitative estimate of drug-likeness (QED) is 0.726. The summed E-state index contributed by atoms with van der Waals surface area (Å²) in [5, 5.41) is 9.49. The molecular weight excluding hydrogens is 337 g/mol. The third kappa shape index (κ3) is 6.85. The molecule has 1 fully saturated rings. The first kappa shape index (κ1) is 21.8. The predicted molar refractivity (Wildman–Crippen MR) is 99.2 cm³/mol. The second kappa shape index (κ2) is 10.6. The van der Waals surface area contributed by atoms with Crippen LogP contribution in [0.25, 0.3) is 0 Å². The van der Waals surface area contributed by atoms with Crippen LogP contribution in [-0.4, -0.2) is 39.2 Å². The van der Waals surface area contributed by atoms with Gasteiger partial charge in [0.05, 0.1) is 19.3 Å². The van der Waals surface area contributed by atoms with Crippen LogP contribution in [0, 0.1) is 5.41 Å². The summed E-state index contributed by atoms with van der Waals surface area (Å²) in [6, 6.07) is 7.59. The van der Waals surface area contributed by atoms with E-state index in [0.29, 0.717) is 0 Å². The number of hydrogen-bond acceptors (Lipinski definition) is 4. The first-order valence-corrected chi connectivity index (χ1v) is 7.47. The molecule has 1 heterocycles. The van der Waals surface area contributed by atoms with Gasteiger partial charge in [-0.25, -0.2) is 0 Å². The van der Waals surface area contributed by atoms with Crippen molar-refractivity contribution >= 4 is 36.4 Å². The molecule has 132 valence electrons. The molecule has 0 spiro atoms. The lowest BCUT2D eigenvalue weighted by molar-refractivity contribution is -0.120. The third-order valence-electron chi connectivity index (χ3n) is 4.07.